The van der Waals surface area contributed by atoms with Crippen molar-refractivity contribution in [3.05, 3.63) is 34.3 Å². The average molecular weight is 282 g/mol. The zero-order valence-electron chi connectivity index (χ0n) is 10.9. The maximum atomic E-state index is 12.3. The molecule has 0 spiro atoms. The minimum atomic E-state index is -0.856. The normalized spacial score (nSPS) is 22.6. The Bertz CT molecular complexity index is 523. The molecular weight excluding hydrogens is 266 g/mol. The van der Waals surface area contributed by atoms with E-state index in [-0.39, 0.29) is 12.5 Å². The van der Waals surface area contributed by atoms with Crippen LogP contribution in [0.3, 0.4) is 0 Å². The first-order valence-corrected chi connectivity index (χ1v) is 6.49. The van der Waals surface area contributed by atoms with Crippen LogP contribution in [-0.4, -0.2) is 35.0 Å². The van der Waals surface area contributed by atoms with Gasteiger partial charge in [-0.05, 0) is 44.0 Å². The summed E-state index contributed by atoms with van der Waals surface area (Å²) in [5, 5.41) is 9.69. The fourth-order valence-electron chi connectivity index (χ4n) is 2.35. The third kappa shape index (κ3) is 2.73. The number of amides is 1. The molecule has 0 aliphatic carbocycles. The van der Waals surface area contributed by atoms with Gasteiger partial charge in [-0.3, -0.25) is 9.59 Å². The van der Waals surface area contributed by atoms with E-state index in [0.717, 1.165) is 5.56 Å². The van der Waals surface area contributed by atoms with Crippen molar-refractivity contribution >= 4 is 23.5 Å². The van der Waals surface area contributed by atoms with Crippen molar-refractivity contribution < 1.29 is 14.7 Å². The van der Waals surface area contributed by atoms with Gasteiger partial charge in [0.15, 0.2) is 0 Å². The van der Waals surface area contributed by atoms with E-state index in [4.69, 9.17) is 11.6 Å². The highest BCUT2D eigenvalue weighted by atomic mass is 35.5. The summed E-state index contributed by atoms with van der Waals surface area (Å²) in [5.41, 5.74) is 0.583. The van der Waals surface area contributed by atoms with Gasteiger partial charge in [0, 0.05) is 23.7 Å². The molecule has 19 heavy (non-hydrogen) atoms. The number of rotatable bonds is 2. The summed E-state index contributed by atoms with van der Waals surface area (Å²) in [6.07, 6.45) is 0.480. The standard InChI is InChI=1S/C14H16ClNO3/c1-9-5-10(7-11(15)6-9)12(17)16-4-3-14(2,8-16)13(18)19/h5-7H,3-4,8H2,1-2H3,(H,18,19)/t14-/m0/s1. The molecule has 2 rings (SSSR count). The maximum Gasteiger partial charge on any atom is 0.311 e. The maximum absolute atomic E-state index is 12.3. The average Bonchev–Trinajstić information content (AvgIpc) is 2.71. The van der Waals surface area contributed by atoms with Crippen molar-refractivity contribution in [2.45, 2.75) is 20.3 Å². The Balaban J connectivity index is 2.20. The number of halogens is 1. The Kier molecular flexibility index (Phi) is 3.54. The molecule has 1 fully saturated rings. The summed E-state index contributed by atoms with van der Waals surface area (Å²) in [6, 6.07) is 5.17. The second kappa shape index (κ2) is 4.85. The fraction of sp³-hybridized carbons (Fsp3) is 0.429. The van der Waals surface area contributed by atoms with E-state index in [2.05, 4.69) is 0 Å². The number of aryl methyl sites for hydroxylation is 1. The Morgan fingerprint density at radius 1 is 1.37 bits per heavy atom. The quantitative estimate of drug-likeness (QED) is 0.906. The number of carbonyl (C=O) groups is 2. The molecule has 0 unspecified atom stereocenters. The Morgan fingerprint density at radius 3 is 2.58 bits per heavy atom. The van der Waals surface area contributed by atoms with E-state index in [1.54, 1.807) is 30.0 Å². The highest BCUT2D eigenvalue weighted by Gasteiger charge is 2.42. The van der Waals surface area contributed by atoms with E-state index in [1.807, 2.05) is 6.92 Å². The molecule has 1 saturated heterocycles. The number of carbonyl (C=O) groups excluding carboxylic acids is 1. The van der Waals surface area contributed by atoms with Gasteiger partial charge in [-0.25, -0.2) is 0 Å². The third-order valence-electron chi connectivity index (χ3n) is 3.57. The second-order valence-electron chi connectivity index (χ2n) is 5.36. The predicted octanol–water partition coefficient (Wildman–Crippen LogP) is 2.59. The van der Waals surface area contributed by atoms with Crippen molar-refractivity contribution in [3.63, 3.8) is 0 Å². The molecule has 1 heterocycles. The Hall–Kier alpha value is -1.55. The zero-order chi connectivity index (χ0) is 14.2. The molecule has 1 aliphatic rings. The van der Waals surface area contributed by atoms with Crippen LogP contribution < -0.4 is 0 Å². The van der Waals surface area contributed by atoms with Gasteiger partial charge in [0.25, 0.3) is 5.91 Å². The van der Waals surface area contributed by atoms with Gasteiger partial charge >= 0.3 is 5.97 Å². The van der Waals surface area contributed by atoms with Gasteiger partial charge in [-0.2, -0.15) is 0 Å². The first kappa shape index (κ1) is 13.9. The topological polar surface area (TPSA) is 57.6 Å². The molecule has 0 radical (unpaired) electrons. The predicted molar refractivity (Wildman–Crippen MR) is 72.5 cm³/mol. The fourth-order valence-corrected chi connectivity index (χ4v) is 2.64. The SMILES string of the molecule is Cc1cc(Cl)cc(C(=O)N2CC[C@](C)(C(=O)O)C2)c1. The number of carboxylic acids is 1. The summed E-state index contributed by atoms with van der Waals surface area (Å²) in [6.45, 7) is 4.25. The first-order valence-electron chi connectivity index (χ1n) is 6.12. The lowest BCUT2D eigenvalue weighted by molar-refractivity contribution is -0.147. The summed E-state index contributed by atoms with van der Waals surface area (Å²) < 4.78 is 0. The molecule has 1 aromatic carbocycles. The van der Waals surface area contributed by atoms with Crippen LogP contribution in [0.1, 0.15) is 29.3 Å². The van der Waals surface area contributed by atoms with Crippen LogP contribution in [0.5, 0.6) is 0 Å². The lowest BCUT2D eigenvalue weighted by atomic mass is 9.90. The Morgan fingerprint density at radius 2 is 2.05 bits per heavy atom. The third-order valence-corrected chi connectivity index (χ3v) is 3.78. The number of nitrogens with zero attached hydrogens (tertiary/aromatic N) is 1. The molecule has 5 heteroatoms. The van der Waals surface area contributed by atoms with Crippen LogP contribution in [0, 0.1) is 12.3 Å². The molecule has 0 bridgehead atoms. The molecule has 1 aliphatic heterocycles. The second-order valence-corrected chi connectivity index (χ2v) is 5.80. The van der Waals surface area contributed by atoms with Crippen LogP contribution in [-0.2, 0) is 4.79 Å². The van der Waals surface area contributed by atoms with Gasteiger partial charge in [-0.1, -0.05) is 11.6 Å². The molecular formula is C14H16ClNO3. The molecule has 1 amide bonds. The number of carboxylic acid groups (broad SMARTS) is 1. The van der Waals surface area contributed by atoms with Gasteiger partial charge in [0.1, 0.15) is 0 Å². The van der Waals surface area contributed by atoms with E-state index in [1.165, 1.54) is 0 Å². The molecule has 4 nitrogen and oxygen atoms in total. The number of likely N-dealkylation sites (tertiary alicyclic amines) is 1. The number of hydrogen-bond donors (Lipinski definition) is 1. The first-order chi connectivity index (χ1) is 8.82. The van der Waals surface area contributed by atoms with E-state index >= 15 is 0 Å². The smallest absolute Gasteiger partial charge is 0.311 e. The lowest BCUT2D eigenvalue weighted by Gasteiger charge is -2.20. The van der Waals surface area contributed by atoms with Crippen molar-refractivity contribution in [2.24, 2.45) is 5.41 Å². The van der Waals surface area contributed by atoms with Crippen molar-refractivity contribution in [2.75, 3.05) is 13.1 Å². The van der Waals surface area contributed by atoms with Crippen molar-refractivity contribution in [3.8, 4) is 0 Å². The lowest BCUT2D eigenvalue weighted by Crippen LogP contribution is -2.34. The van der Waals surface area contributed by atoms with Gasteiger partial charge in [0.05, 0.1) is 5.41 Å². The van der Waals surface area contributed by atoms with Crippen LogP contribution in [0.2, 0.25) is 5.02 Å². The zero-order valence-corrected chi connectivity index (χ0v) is 11.7. The van der Waals surface area contributed by atoms with Crippen LogP contribution in [0.25, 0.3) is 0 Å². The van der Waals surface area contributed by atoms with Gasteiger partial charge in [-0.15, -0.1) is 0 Å². The summed E-state index contributed by atoms with van der Waals surface area (Å²) in [4.78, 5) is 25.1. The molecule has 0 saturated carbocycles. The Labute approximate surface area is 117 Å². The largest absolute Gasteiger partial charge is 0.481 e. The molecule has 1 N–H and O–H groups in total. The molecule has 1 aromatic rings. The monoisotopic (exact) mass is 281 g/mol. The summed E-state index contributed by atoms with van der Waals surface area (Å²) in [5.74, 6) is -1.01. The molecule has 0 aromatic heterocycles. The summed E-state index contributed by atoms with van der Waals surface area (Å²) in [7, 11) is 0. The number of hydrogen-bond acceptors (Lipinski definition) is 2. The summed E-state index contributed by atoms with van der Waals surface area (Å²) >= 11 is 5.94. The van der Waals surface area contributed by atoms with Crippen LogP contribution in [0.4, 0.5) is 0 Å². The van der Waals surface area contributed by atoms with E-state index in [9.17, 15) is 14.7 Å². The highest BCUT2D eigenvalue weighted by molar-refractivity contribution is 6.31. The van der Waals surface area contributed by atoms with Crippen LogP contribution >= 0.6 is 11.6 Å². The minimum Gasteiger partial charge on any atom is -0.481 e. The molecule has 102 valence electrons. The van der Waals surface area contributed by atoms with E-state index < -0.39 is 11.4 Å². The van der Waals surface area contributed by atoms with Gasteiger partial charge in [0.2, 0.25) is 0 Å². The van der Waals surface area contributed by atoms with Crippen molar-refractivity contribution in [1.29, 1.82) is 0 Å². The molecule has 1 atom stereocenters. The van der Waals surface area contributed by atoms with E-state index in [0.29, 0.717) is 23.6 Å². The highest BCUT2D eigenvalue weighted by Crippen LogP contribution is 2.31. The van der Waals surface area contributed by atoms with Crippen LogP contribution in [0.15, 0.2) is 18.2 Å². The number of aliphatic carboxylic acids is 1. The van der Waals surface area contributed by atoms with Crippen molar-refractivity contribution in [1.82, 2.24) is 4.90 Å². The minimum absolute atomic E-state index is 0.157. The van der Waals surface area contributed by atoms with Gasteiger partial charge < -0.3 is 10.0 Å². The number of benzene rings is 1.